The van der Waals surface area contributed by atoms with Crippen LogP contribution in [0.4, 0.5) is 21.9 Å². The van der Waals surface area contributed by atoms with Gasteiger partial charge in [0.1, 0.15) is 0 Å². The van der Waals surface area contributed by atoms with E-state index in [1.165, 1.54) is 0 Å². The van der Waals surface area contributed by atoms with Crippen LogP contribution in [-0.4, -0.2) is 91.2 Å². The molecule has 3 N–H and O–H groups in total. The van der Waals surface area contributed by atoms with Crippen LogP contribution in [0.2, 0.25) is 0 Å². The lowest BCUT2D eigenvalue weighted by Gasteiger charge is -2.38. The molecule has 0 spiro atoms. The summed E-state index contributed by atoms with van der Waals surface area (Å²) in [5.41, 5.74) is 9.49. The van der Waals surface area contributed by atoms with Gasteiger partial charge in [-0.1, -0.05) is 12.1 Å². The summed E-state index contributed by atoms with van der Waals surface area (Å²) in [6.45, 7) is 13.2. The molecule has 13 heteroatoms. The Morgan fingerprint density at radius 1 is 0.931 bits per heavy atom. The van der Waals surface area contributed by atoms with E-state index in [-0.39, 0.29) is 30.3 Å². The van der Waals surface area contributed by atoms with Crippen molar-refractivity contribution in [1.29, 1.82) is 0 Å². The van der Waals surface area contributed by atoms with Gasteiger partial charge in [-0.25, -0.2) is 4.79 Å². The Hall–Kier alpha value is -5.53. The number of carbonyl (C=O) groups excluding carboxylic acids is 3. The van der Waals surface area contributed by atoms with Crippen molar-refractivity contribution in [2.75, 3.05) is 61.1 Å². The normalized spacial score (nSPS) is 16.8. The molecule has 306 valence electrons. The molecule has 13 nitrogen and oxygen atoms in total. The maximum Gasteiger partial charge on any atom is 0.328 e. The molecule has 5 heterocycles. The predicted molar refractivity (Wildman–Crippen MR) is 228 cm³/mol. The summed E-state index contributed by atoms with van der Waals surface area (Å²) in [7, 11) is 2.13. The van der Waals surface area contributed by atoms with Crippen LogP contribution in [0.3, 0.4) is 0 Å². The van der Waals surface area contributed by atoms with Crippen molar-refractivity contribution in [3.05, 3.63) is 105 Å². The van der Waals surface area contributed by atoms with Crippen molar-refractivity contribution in [3.8, 4) is 11.1 Å². The smallest absolute Gasteiger partial charge is 0.328 e. The van der Waals surface area contributed by atoms with Crippen LogP contribution in [0.5, 0.6) is 0 Å². The third-order valence-electron chi connectivity index (χ3n) is 12.1. The number of amides is 4. The van der Waals surface area contributed by atoms with E-state index in [0.717, 1.165) is 109 Å². The first-order chi connectivity index (χ1) is 28.0. The first-order valence-corrected chi connectivity index (χ1v) is 20.6. The van der Waals surface area contributed by atoms with Gasteiger partial charge in [-0.3, -0.25) is 34.5 Å². The van der Waals surface area contributed by atoms with Gasteiger partial charge < -0.3 is 24.8 Å². The second-order valence-electron chi connectivity index (χ2n) is 15.9. The third kappa shape index (κ3) is 8.95. The van der Waals surface area contributed by atoms with Crippen LogP contribution in [0.25, 0.3) is 11.1 Å². The van der Waals surface area contributed by atoms with Crippen molar-refractivity contribution in [2.24, 2.45) is 0 Å². The summed E-state index contributed by atoms with van der Waals surface area (Å²) in [6.07, 6.45) is 7.57. The number of H-pyrrole nitrogens is 1. The van der Waals surface area contributed by atoms with Crippen LogP contribution in [0, 0.1) is 20.8 Å². The lowest BCUT2D eigenvalue weighted by Crippen LogP contribution is -2.50. The van der Waals surface area contributed by atoms with Crippen molar-refractivity contribution in [2.45, 2.75) is 85.0 Å². The summed E-state index contributed by atoms with van der Waals surface area (Å²) in [4.78, 5) is 67.0. The first kappa shape index (κ1) is 40.7. The Labute approximate surface area is 340 Å². The molecule has 7 rings (SSSR count). The van der Waals surface area contributed by atoms with Crippen molar-refractivity contribution in [1.82, 2.24) is 25.5 Å². The highest BCUT2D eigenvalue weighted by atomic mass is 16.5. The summed E-state index contributed by atoms with van der Waals surface area (Å²) >= 11 is 0. The van der Waals surface area contributed by atoms with Gasteiger partial charge >= 0.3 is 6.03 Å². The molecule has 0 bridgehead atoms. The maximum atomic E-state index is 14.0. The van der Waals surface area contributed by atoms with E-state index in [1.807, 2.05) is 39.0 Å². The molecular weight excluding hydrogens is 733 g/mol. The number of aromatic nitrogens is 2. The summed E-state index contributed by atoms with van der Waals surface area (Å²) in [5, 5.41) is 5.48. The molecule has 0 atom stereocenters. The molecule has 3 aliphatic heterocycles. The fourth-order valence-electron chi connectivity index (χ4n) is 8.80. The predicted octanol–water partition coefficient (Wildman–Crippen LogP) is 5.84. The van der Waals surface area contributed by atoms with Crippen molar-refractivity contribution < 1.29 is 19.1 Å². The van der Waals surface area contributed by atoms with Crippen LogP contribution in [0.1, 0.15) is 77.3 Å². The Kier molecular flexibility index (Phi) is 12.6. The third-order valence-corrected chi connectivity index (χ3v) is 12.1. The van der Waals surface area contributed by atoms with E-state index in [4.69, 9.17) is 4.74 Å². The monoisotopic (exact) mass is 788 g/mol. The number of carbonyl (C=O) groups is 3. The molecule has 3 fully saturated rings. The number of rotatable bonds is 12. The number of aromatic amines is 1. The zero-order valence-electron chi connectivity index (χ0n) is 34.4. The van der Waals surface area contributed by atoms with Gasteiger partial charge in [-0.2, -0.15) is 0 Å². The Balaban J connectivity index is 1.06. The number of anilines is 3. The number of pyridine rings is 2. The molecule has 0 unspecified atom stereocenters. The molecule has 2 aromatic heterocycles. The molecule has 4 aromatic rings. The van der Waals surface area contributed by atoms with Crippen LogP contribution >= 0.6 is 0 Å². The number of ether oxygens (including phenoxy) is 1. The topological polar surface area (TPSA) is 143 Å². The average molecular weight is 789 g/mol. The van der Waals surface area contributed by atoms with E-state index in [2.05, 4.69) is 79.6 Å². The SMILES string of the molecule is CCN(c1cc(-c2ccc(N3CCC(N(C)Cc4ccncc4N4CCC(=O)NC4=O)CC3)cc2)cc(C(=O)NCc2c(C)cc(C)[nH]c2=O)c1C)C1CCOCC1. The minimum Gasteiger partial charge on any atom is -0.381 e. The number of piperidine rings is 1. The highest BCUT2D eigenvalue weighted by molar-refractivity contribution is 6.05. The van der Waals surface area contributed by atoms with E-state index < -0.39 is 6.03 Å². The number of benzene rings is 2. The van der Waals surface area contributed by atoms with Crippen LogP contribution in [0.15, 0.2) is 65.7 Å². The fourth-order valence-corrected chi connectivity index (χ4v) is 8.80. The molecular formula is C45H56N8O5. The number of nitrogens with zero attached hydrogens (tertiary/aromatic N) is 5. The van der Waals surface area contributed by atoms with Crippen molar-refractivity contribution in [3.63, 3.8) is 0 Å². The maximum absolute atomic E-state index is 14.0. The number of aryl methyl sites for hydroxylation is 2. The number of hydrogen-bond donors (Lipinski definition) is 3. The molecule has 0 radical (unpaired) electrons. The highest BCUT2D eigenvalue weighted by Crippen LogP contribution is 2.35. The average Bonchev–Trinajstić information content (AvgIpc) is 3.22. The van der Waals surface area contributed by atoms with Gasteiger partial charge in [-0.15, -0.1) is 0 Å². The second kappa shape index (κ2) is 17.9. The van der Waals surface area contributed by atoms with Crippen LogP contribution in [-0.2, 0) is 22.6 Å². The fraction of sp³-hybridized carbons (Fsp3) is 0.444. The molecule has 0 saturated carbocycles. The van der Waals surface area contributed by atoms with Crippen molar-refractivity contribution >= 4 is 34.9 Å². The zero-order chi connectivity index (χ0) is 40.9. The van der Waals surface area contributed by atoms with Gasteiger partial charge in [0.05, 0.1) is 11.9 Å². The first-order valence-electron chi connectivity index (χ1n) is 20.6. The molecule has 0 aliphatic carbocycles. The van der Waals surface area contributed by atoms with E-state index in [0.29, 0.717) is 36.3 Å². The Morgan fingerprint density at radius 2 is 1.67 bits per heavy atom. The number of urea groups is 1. The van der Waals surface area contributed by atoms with E-state index >= 15 is 0 Å². The molecule has 4 amide bonds. The van der Waals surface area contributed by atoms with Gasteiger partial charge in [0.25, 0.3) is 11.5 Å². The summed E-state index contributed by atoms with van der Waals surface area (Å²) < 4.78 is 5.70. The largest absolute Gasteiger partial charge is 0.381 e. The van der Waals surface area contributed by atoms with Gasteiger partial charge in [0.2, 0.25) is 5.91 Å². The van der Waals surface area contributed by atoms with Crippen LogP contribution < -0.4 is 30.9 Å². The van der Waals surface area contributed by atoms with Gasteiger partial charge in [-0.05, 0) is 125 Å². The summed E-state index contributed by atoms with van der Waals surface area (Å²) in [6, 6.07) is 17.0. The lowest BCUT2D eigenvalue weighted by atomic mass is 9.95. The van der Waals surface area contributed by atoms with E-state index in [9.17, 15) is 19.2 Å². The Morgan fingerprint density at radius 3 is 2.36 bits per heavy atom. The number of nitrogens with one attached hydrogen (secondary N) is 3. The highest BCUT2D eigenvalue weighted by Gasteiger charge is 2.29. The Bertz CT molecular complexity index is 2190. The quantitative estimate of drug-likeness (QED) is 0.161. The lowest BCUT2D eigenvalue weighted by molar-refractivity contribution is -0.120. The molecule has 3 aliphatic rings. The second-order valence-corrected chi connectivity index (χ2v) is 15.9. The standard InChI is InChI=1S/C45H56N8O5/c1-6-52(37-15-21-58-22-16-37)40-25-34(24-38(31(40)4)43(55)47-26-39-29(2)23-30(3)48-44(39)56)32-7-9-36(10-8-32)51-18-12-35(13-19-51)50(5)28-33-11-17-46-27-41(33)53-20-14-42(54)49-45(53)57/h7-11,17,23-25,27,35,37H,6,12-16,18-22,26,28H2,1-5H3,(H,47,55)(H,48,56)(H,49,54,57). The molecule has 58 heavy (non-hydrogen) atoms. The zero-order valence-corrected chi connectivity index (χ0v) is 34.4. The molecule has 3 saturated heterocycles. The van der Waals surface area contributed by atoms with Gasteiger partial charge in [0, 0.05) is 105 Å². The number of hydrogen-bond acceptors (Lipinski definition) is 9. The number of imide groups is 1. The van der Waals surface area contributed by atoms with Gasteiger partial charge in [0.15, 0.2) is 0 Å². The molecule has 2 aromatic carbocycles. The summed E-state index contributed by atoms with van der Waals surface area (Å²) in [5.74, 6) is -0.459. The van der Waals surface area contributed by atoms with E-state index in [1.54, 1.807) is 17.3 Å². The minimum absolute atomic E-state index is 0.142. The minimum atomic E-state index is -0.401.